The van der Waals surface area contributed by atoms with Crippen molar-refractivity contribution in [2.75, 3.05) is 0 Å². The average molecular weight is 421 g/mol. The summed E-state index contributed by atoms with van der Waals surface area (Å²) in [7, 11) is 0. The van der Waals surface area contributed by atoms with E-state index in [4.69, 9.17) is 0 Å². The Kier molecular flexibility index (Phi) is 9.44. The Balaban J connectivity index is 0.000000181. The fourth-order valence-corrected chi connectivity index (χ4v) is 3.29. The molecule has 32 heavy (non-hydrogen) atoms. The van der Waals surface area contributed by atoms with Crippen molar-refractivity contribution in [3.05, 3.63) is 144 Å². The molecule has 0 aromatic heterocycles. The van der Waals surface area contributed by atoms with Crippen molar-refractivity contribution in [1.82, 2.24) is 5.32 Å². The van der Waals surface area contributed by atoms with Crippen LogP contribution in [0, 0.1) is 0 Å². The molecule has 1 unspecified atom stereocenters. The molecule has 0 saturated carbocycles. The fraction of sp³-hybridized carbons (Fsp3) is 0.167. The van der Waals surface area contributed by atoms with Crippen LogP contribution in [-0.2, 0) is 13.1 Å². The Morgan fingerprint density at radius 1 is 0.656 bits per heavy atom. The van der Waals surface area contributed by atoms with Crippen LogP contribution in [0.25, 0.3) is 0 Å². The lowest BCUT2D eigenvalue weighted by Gasteiger charge is -2.14. The van der Waals surface area contributed by atoms with Gasteiger partial charge in [-0.05, 0) is 36.1 Å². The van der Waals surface area contributed by atoms with E-state index in [2.05, 4.69) is 97.0 Å². The molecule has 4 aromatic rings. The van der Waals surface area contributed by atoms with Gasteiger partial charge in [0.25, 0.3) is 0 Å². The second-order valence-corrected chi connectivity index (χ2v) is 7.75. The van der Waals surface area contributed by atoms with E-state index >= 15 is 0 Å². The minimum atomic E-state index is 0.390. The summed E-state index contributed by atoms with van der Waals surface area (Å²) in [6.45, 7) is 5.91. The lowest BCUT2D eigenvalue weighted by Crippen LogP contribution is -2.17. The first-order valence-electron chi connectivity index (χ1n) is 11.1. The second kappa shape index (κ2) is 13.0. The standard InChI is InChI=1S/C15H17N.C15H15N/c2*1-13(15-10-6-3-7-11-15)16-12-14-8-4-2-5-9-14/h2-11,13,16H,12H2,1H3;2-11H,12H2,1H3. The van der Waals surface area contributed by atoms with E-state index in [0.717, 1.165) is 18.8 Å². The smallest absolute Gasteiger partial charge is 0.0643 e. The highest BCUT2D eigenvalue weighted by Gasteiger charge is 2.03. The van der Waals surface area contributed by atoms with Gasteiger partial charge >= 0.3 is 0 Å². The maximum absolute atomic E-state index is 4.58. The summed E-state index contributed by atoms with van der Waals surface area (Å²) in [6, 6.07) is 42.0. The molecule has 0 spiro atoms. The second-order valence-electron chi connectivity index (χ2n) is 7.75. The van der Waals surface area contributed by atoms with Crippen molar-refractivity contribution in [3.63, 3.8) is 0 Å². The molecule has 0 fully saturated rings. The quantitative estimate of drug-likeness (QED) is 0.313. The molecule has 0 aliphatic heterocycles. The summed E-state index contributed by atoms with van der Waals surface area (Å²) in [5, 5.41) is 3.52. The highest BCUT2D eigenvalue weighted by atomic mass is 14.9. The number of hydrogen-bond donors (Lipinski definition) is 1. The van der Waals surface area contributed by atoms with Crippen LogP contribution in [0.15, 0.2) is 126 Å². The lowest BCUT2D eigenvalue weighted by molar-refractivity contribution is 0.575. The van der Waals surface area contributed by atoms with Crippen LogP contribution in [0.1, 0.15) is 42.1 Å². The van der Waals surface area contributed by atoms with Crippen LogP contribution in [-0.4, -0.2) is 5.71 Å². The molecular weight excluding hydrogens is 388 g/mol. The maximum Gasteiger partial charge on any atom is 0.0643 e. The zero-order valence-corrected chi connectivity index (χ0v) is 19.0. The zero-order chi connectivity index (χ0) is 22.4. The summed E-state index contributed by atoms with van der Waals surface area (Å²) < 4.78 is 0. The van der Waals surface area contributed by atoms with Crippen molar-refractivity contribution < 1.29 is 0 Å². The first-order valence-corrected chi connectivity index (χ1v) is 11.1. The number of benzene rings is 4. The lowest BCUT2D eigenvalue weighted by atomic mass is 10.1. The molecule has 162 valence electrons. The number of nitrogens with zero attached hydrogens (tertiary/aromatic N) is 1. The van der Waals surface area contributed by atoms with E-state index in [1.54, 1.807) is 0 Å². The highest BCUT2D eigenvalue weighted by Crippen LogP contribution is 2.12. The van der Waals surface area contributed by atoms with E-state index in [0.29, 0.717) is 6.04 Å². The molecule has 4 rings (SSSR count). The molecular formula is C30H32N2. The maximum atomic E-state index is 4.58. The van der Waals surface area contributed by atoms with Crippen LogP contribution in [0.3, 0.4) is 0 Å². The monoisotopic (exact) mass is 420 g/mol. The molecule has 0 aliphatic rings. The van der Waals surface area contributed by atoms with Gasteiger partial charge in [-0.2, -0.15) is 0 Å². The van der Waals surface area contributed by atoms with E-state index < -0.39 is 0 Å². The zero-order valence-electron chi connectivity index (χ0n) is 19.0. The topological polar surface area (TPSA) is 24.4 Å². The molecule has 2 nitrogen and oxygen atoms in total. The van der Waals surface area contributed by atoms with E-state index in [-0.39, 0.29) is 0 Å². The Labute approximate surface area is 192 Å². The van der Waals surface area contributed by atoms with E-state index in [1.165, 1.54) is 22.3 Å². The third-order valence-corrected chi connectivity index (χ3v) is 5.29. The summed E-state index contributed by atoms with van der Waals surface area (Å²) in [6.07, 6.45) is 0. The predicted molar refractivity (Wildman–Crippen MR) is 137 cm³/mol. The predicted octanol–water partition coefficient (Wildman–Crippen LogP) is 7.23. The van der Waals surface area contributed by atoms with Crippen LogP contribution in [0.4, 0.5) is 0 Å². The molecule has 0 amide bonds. The van der Waals surface area contributed by atoms with Crippen molar-refractivity contribution in [2.45, 2.75) is 33.0 Å². The normalized spacial score (nSPS) is 11.9. The molecule has 0 heterocycles. The average Bonchev–Trinajstić information content (AvgIpc) is 2.88. The van der Waals surface area contributed by atoms with Gasteiger partial charge in [0.05, 0.1) is 6.54 Å². The van der Waals surface area contributed by atoms with Crippen LogP contribution in [0.5, 0.6) is 0 Å². The minimum Gasteiger partial charge on any atom is -0.306 e. The summed E-state index contributed by atoms with van der Waals surface area (Å²) >= 11 is 0. The Morgan fingerprint density at radius 3 is 1.69 bits per heavy atom. The van der Waals surface area contributed by atoms with Crippen LogP contribution < -0.4 is 5.32 Å². The molecule has 0 saturated heterocycles. The van der Waals surface area contributed by atoms with Gasteiger partial charge in [-0.1, -0.05) is 121 Å². The van der Waals surface area contributed by atoms with Gasteiger partial charge in [-0.25, -0.2) is 0 Å². The van der Waals surface area contributed by atoms with Gasteiger partial charge in [-0.3, -0.25) is 4.99 Å². The minimum absolute atomic E-state index is 0.390. The largest absolute Gasteiger partial charge is 0.306 e. The number of aliphatic imine (C=N–C) groups is 1. The summed E-state index contributed by atoms with van der Waals surface area (Å²) in [4.78, 5) is 4.58. The van der Waals surface area contributed by atoms with E-state index in [9.17, 15) is 0 Å². The van der Waals surface area contributed by atoms with E-state index in [1.807, 2.05) is 48.5 Å². The molecule has 2 heteroatoms. The SMILES string of the molecule is CC(=NCc1ccccc1)c1ccccc1.CC(NCc1ccccc1)c1ccccc1. The summed E-state index contributed by atoms with van der Waals surface area (Å²) in [5.74, 6) is 0. The van der Waals surface area contributed by atoms with Gasteiger partial charge in [0.1, 0.15) is 0 Å². The van der Waals surface area contributed by atoms with Crippen molar-refractivity contribution in [2.24, 2.45) is 4.99 Å². The molecule has 1 atom stereocenters. The van der Waals surface area contributed by atoms with Crippen molar-refractivity contribution in [1.29, 1.82) is 0 Å². The molecule has 0 aliphatic carbocycles. The number of hydrogen-bond acceptors (Lipinski definition) is 2. The van der Waals surface area contributed by atoms with Crippen LogP contribution in [0.2, 0.25) is 0 Å². The fourth-order valence-electron chi connectivity index (χ4n) is 3.29. The number of nitrogens with one attached hydrogen (secondary N) is 1. The molecule has 4 aromatic carbocycles. The van der Waals surface area contributed by atoms with Crippen molar-refractivity contribution in [3.8, 4) is 0 Å². The number of rotatable bonds is 7. The first kappa shape index (κ1) is 23.2. The third-order valence-electron chi connectivity index (χ3n) is 5.29. The Morgan fingerprint density at radius 2 is 1.12 bits per heavy atom. The van der Waals surface area contributed by atoms with Gasteiger partial charge in [0.15, 0.2) is 0 Å². The molecule has 0 radical (unpaired) electrons. The van der Waals surface area contributed by atoms with Gasteiger partial charge in [0, 0.05) is 18.3 Å². The van der Waals surface area contributed by atoms with Gasteiger partial charge in [-0.15, -0.1) is 0 Å². The third kappa shape index (κ3) is 7.98. The Hall–Kier alpha value is -3.49. The summed E-state index contributed by atoms with van der Waals surface area (Å²) in [5.41, 5.74) is 6.18. The highest BCUT2D eigenvalue weighted by molar-refractivity contribution is 5.98. The molecule has 1 N–H and O–H groups in total. The Bertz CT molecular complexity index is 1040. The van der Waals surface area contributed by atoms with Crippen molar-refractivity contribution >= 4 is 5.71 Å². The molecule has 0 bridgehead atoms. The van der Waals surface area contributed by atoms with Gasteiger partial charge in [0.2, 0.25) is 0 Å². The van der Waals surface area contributed by atoms with Gasteiger partial charge < -0.3 is 5.32 Å². The van der Waals surface area contributed by atoms with Crippen LogP contribution >= 0.6 is 0 Å². The first-order chi connectivity index (χ1) is 15.7.